The number of amidine groups is 1. The highest BCUT2D eigenvalue weighted by atomic mass is 79.9. The van der Waals surface area contributed by atoms with Crippen LogP contribution >= 0.6 is 17.0 Å². The maximum absolute atomic E-state index is 15.3. The maximum atomic E-state index is 15.3. The van der Waals surface area contributed by atoms with Crippen LogP contribution in [0.15, 0.2) is 18.2 Å². The van der Waals surface area contributed by atoms with E-state index in [0.29, 0.717) is 43.0 Å². The van der Waals surface area contributed by atoms with Crippen LogP contribution in [0.25, 0.3) is 0 Å². The lowest BCUT2D eigenvalue weighted by Gasteiger charge is -2.30. The third-order valence-corrected chi connectivity index (χ3v) is 7.81. The summed E-state index contributed by atoms with van der Waals surface area (Å²) in [6.07, 6.45) is 1.23. The number of benzene rings is 2. The van der Waals surface area contributed by atoms with E-state index in [1.54, 1.807) is 11.0 Å². The molecule has 0 saturated carbocycles. The van der Waals surface area contributed by atoms with Crippen LogP contribution in [-0.4, -0.2) is 80.8 Å². The molecule has 1 unspecified atom stereocenters. The van der Waals surface area contributed by atoms with Crippen LogP contribution in [-0.2, 0) is 21.5 Å². The number of carbonyl (C=O) groups excluding carboxylic acids is 1. The van der Waals surface area contributed by atoms with E-state index in [1.165, 1.54) is 14.2 Å². The molecule has 2 aliphatic heterocycles. The molecule has 1 fully saturated rings. The van der Waals surface area contributed by atoms with Gasteiger partial charge in [-0.15, -0.1) is 17.0 Å². The number of hydrogen-bond donors (Lipinski definition) is 2. The minimum Gasteiger partial charge on any atom is -0.493 e. The number of nitrogens with zero attached hydrogens (tertiary/aromatic N) is 2. The second-order valence-electron chi connectivity index (χ2n) is 11.9. The van der Waals surface area contributed by atoms with Crippen LogP contribution in [0.2, 0.25) is 0 Å². The molecule has 2 aliphatic rings. The molecule has 1 atom stereocenters. The summed E-state index contributed by atoms with van der Waals surface area (Å²) < 4.78 is 37.9. The van der Waals surface area contributed by atoms with Crippen LogP contribution < -0.4 is 19.1 Å². The number of aliphatic carboxylic acids is 1. The average Bonchev–Trinajstić information content (AvgIpc) is 3.54. The molecular weight excluding hydrogens is 637 g/mol. The fourth-order valence-corrected chi connectivity index (χ4v) is 5.66. The van der Waals surface area contributed by atoms with Gasteiger partial charge in [0, 0.05) is 43.8 Å². The monoisotopic (exact) mass is 679 g/mol. The molecular formula is C32H43BrFN3O7. The van der Waals surface area contributed by atoms with E-state index < -0.39 is 17.2 Å². The maximum Gasteiger partial charge on any atom is 0.303 e. The molecule has 1 saturated heterocycles. The Morgan fingerprint density at radius 2 is 1.86 bits per heavy atom. The minimum absolute atomic E-state index is 0. The molecule has 0 aliphatic carbocycles. The number of ketones is 1. The predicted octanol–water partition coefficient (Wildman–Crippen LogP) is 5.60. The molecule has 242 valence electrons. The first-order chi connectivity index (χ1) is 20.4. The highest BCUT2D eigenvalue weighted by Crippen LogP contribution is 2.43. The Kier molecular flexibility index (Phi) is 11.6. The summed E-state index contributed by atoms with van der Waals surface area (Å²) in [6, 6.07) is 5.29. The topological polar surface area (TPSA) is 122 Å². The molecule has 2 N–H and O–H groups in total. The van der Waals surface area contributed by atoms with Gasteiger partial charge in [0.1, 0.15) is 11.6 Å². The van der Waals surface area contributed by atoms with Crippen molar-refractivity contribution >= 4 is 40.3 Å². The first kappa shape index (κ1) is 35.1. The molecule has 2 aromatic rings. The SMILES string of the molecule is Br.CCOC1CCN(c2cc(C(=O)CN3Cc4cc(OC)c(OC)c(F)c4C3=N)cc(C(C)(C)C)c2OCCCC(=O)O)C1. The molecule has 2 heterocycles. The Bertz CT molecular complexity index is 1400. The zero-order chi connectivity index (χ0) is 31.5. The van der Waals surface area contributed by atoms with Crippen LogP contribution in [0.1, 0.15) is 74.0 Å². The van der Waals surface area contributed by atoms with Crippen molar-refractivity contribution in [3.05, 3.63) is 46.3 Å². The van der Waals surface area contributed by atoms with Crippen molar-refractivity contribution in [2.45, 2.75) is 65.0 Å². The molecule has 0 spiro atoms. The van der Waals surface area contributed by atoms with Crippen molar-refractivity contribution in [3.8, 4) is 17.2 Å². The minimum atomic E-state index is -0.883. The van der Waals surface area contributed by atoms with Gasteiger partial charge in [0.05, 0.1) is 44.7 Å². The molecule has 10 nitrogen and oxygen atoms in total. The van der Waals surface area contributed by atoms with Crippen LogP contribution in [0.4, 0.5) is 10.1 Å². The second kappa shape index (κ2) is 14.6. The lowest BCUT2D eigenvalue weighted by molar-refractivity contribution is -0.137. The zero-order valence-corrected chi connectivity index (χ0v) is 28.0. The Balaban J connectivity index is 0.00000529. The predicted molar refractivity (Wildman–Crippen MR) is 171 cm³/mol. The van der Waals surface area contributed by atoms with Gasteiger partial charge in [-0.3, -0.25) is 15.0 Å². The van der Waals surface area contributed by atoms with Crippen LogP contribution in [0.5, 0.6) is 17.2 Å². The van der Waals surface area contributed by atoms with Gasteiger partial charge >= 0.3 is 5.97 Å². The van der Waals surface area contributed by atoms with E-state index in [0.717, 1.165) is 17.7 Å². The van der Waals surface area contributed by atoms with E-state index in [4.69, 9.17) is 29.5 Å². The normalized spacial score (nSPS) is 16.1. The number of ether oxygens (including phenoxy) is 4. The van der Waals surface area contributed by atoms with Crippen molar-refractivity contribution in [1.29, 1.82) is 5.41 Å². The Morgan fingerprint density at radius 1 is 1.14 bits per heavy atom. The van der Waals surface area contributed by atoms with Gasteiger partial charge in [-0.2, -0.15) is 0 Å². The molecule has 4 rings (SSSR count). The van der Waals surface area contributed by atoms with Crippen LogP contribution in [0.3, 0.4) is 0 Å². The Hall–Kier alpha value is -3.38. The number of methoxy groups -OCH3 is 2. The van der Waals surface area contributed by atoms with Crippen molar-refractivity contribution in [3.63, 3.8) is 0 Å². The van der Waals surface area contributed by atoms with Gasteiger partial charge in [0.2, 0.25) is 0 Å². The van der Waals surface area contributed by atoms with Gasteiger partial charge in [-0.05, 0) is 48.9 Å². The highest BCUT2D eigenvalue weighted by molar-refractivity contribution is 8.93. The molecule has 12 heteroatoms. The number of halogens is 2. The quantitative estimate of drug-likeness (QED) is 0.206. The summed E-state index contributed by atoms with van der Waals surface area (Å²) in [5.41, 5.74) is 2.28. The average molecular weight is 681 g/mol. The summed E-state index contributed by atoms with van der Waals surface area (Å²) in [5.74, 6) is -1.09. The van der Waals surface area contributed by atoms with E-state index >= 15 is 4.39 Å². The molecule has 0 radical (unpaired) electrons. The largest absolute Gasteiger partial charge is 0.493 e. The summed E-state index contributed by atoms with van der Waals surface area (Å²) in [5, 5.41) is 17.8. The summed E-state index contributed by atoms with van der Waals surface area (Å²) in [4.78, 5) is 28.6. The molecule has 0 amide bonds. The van der Waals surface area contributed by atoms with E-state index in [1.807, 2.05) is 39.8 Å². The zero-order valence-electron chi connectivity index (χ0n) is 26.3. The lowest BCUT2D eigenvalue weighted by atomic mass is 9.84. The van der Waals surface area contributed by atoms with Crippen molar-refractivity contribution in [2.24, 2.45) is 0 Å². The molecule has 0 aromatic heterocycles. The fraction of sp³-hybridized carbons (Fsp3) is 0.531. The van der Waals surface area contributed by atoms with E-state index in [2.05, 4.69) is 4.90 Å². The van der Waals surface area contributed by atoms with Gasteiger partial charge in [-0.25, -0.2) is 4.39 Å². The van der Waals surface area contributed by atoms with E-state index in [9.17, 15) is 9.59 Å². The Labute approximate surface area is 268 Å². The smallest absolute Gasteiger partial charge is 0.303 e. The number of carboxylic acid groups (broad SMARTS) is 1. The summed E-state index contributed by atoms with van der Waals surface area (Å²) in [6.45, 7) is 10.3. The number of fused-ring (bicyclic) bond motifs is 1. The van der Waals surface area contributed by atoms with Gasteiger partial charge < -0.3 is 33.9 Å². The summed E-state index contributed by atoms with van der Waals surface area (Å²) in [7, 11) is 2.76. The fourth-order valence-electron chi connectivity index (χ4n) is 5.66. The number of carbonyl (C=O) groups is 2. The van der Waals surface area contributed by atoms with Crippen molar-refractivity contribution < 1.29 is 38.0 Å². The number of Topliss-reactive ketones (excluding diaryl/α,β-unsaturated/α-hetero) is 1. The lowest BCUT2D eigenvalue weighted by Crippen LogP contribution is -2.31. The number of nitrogens with one attached hydrogen (secondary N) is 1. The highest BCUT2D eigenvalue weighted by Gasteiger charge is 2.34. The first-order valence-electron chi connectivity index (χ1n) is 14.6. The number of hydrogen-bond acceptors (Lipinski definition) is 8. The number of carboxylic acids is 1. The van der Waals surface area contributed by atoms with Gasteiger partial charge in [0.25, 0.3) is 0 Å². The third kappa shape index (κ3) is 7.46. The third-order valence-electron chi connectivity index (χ3n) is 7.81. The Morgan fingerprint density at radius 3 is 2.48 bits per heavy atom. The second-order valence-corrected chi connectivity index (χ2v) is 11.9. The molecule has 2 aromatic carbocycles. The standard InChI is InChI=1S/C32H42FN3O7.BrH/c1-7-42-21-10-11-35(17-21)23-14-19(13-22(32(2,3)4)29(23)43-12-8-9-26(38)39)24(37)18-36-16-20-15-25(40-5)30(41-6)28(33)27(20)31(36)34;/h13-15,21,34H,7-12,16-18H2,1-6H3,(H,38,39);1H. The molecule has 0 bridgehead atoms. The summed E-state index contributed by atoms with van der Waals surface area (Å²) >= 11 is 0. The van der Waals surface area contributed by atoms with Crippen molar-refractivity contribution in [2.75, 3.05) is 52.0 Å². The number of rotatable bonds is 13. The van der Waals surface area contributed by atoms with Gasteiger partial charge in [-0.1, -0.05) is 20.8 Å². The van der Waals surface area contributed by atoms with Gasteiger partial charge in [0.15, 0.2) is 23.1 Å². The molecule has 44 heavy (non-hydrogen) atoms. The first-order valence-corrected chi connectivity index (χ1v) is 14.6. The van der Waals surface area contributed by atoms with Crippen LogP contribution in [0, 0.1) is 11.2 Å². The van der Waals surface area contributed by atoms with Crippen molar-refractivity contribution in [1.82, 2.24) is 4.90 Å². The van der Waals surface area contributed by atoms with E-state index in [-0.39, 0.29) is 77.9 Å². The number of anilines is 1.